The number of nitrogens with zero attached hydrogens (tertiary/aromatic N) is 1. The van der Waals surface area contributed by atoms with Crippen LogP contribution in [-0.2, 0) is 28.9 Å². The number of esters is 1. The standard InChI is InChI=1S/C16H21NO2/c1-19-16(18)15-7-8-17(11-15)10-12-5-6-13-3-2-4-14(13)9-12/h5-6,9,15H,2-4,7-8,10-11H2,1H3. The van der Waals surface area contributed by atoms with Crippen LogP contribution < -0.4 is 0 Å². The highest BCUT2D eigenvalue weighted by Gasteiger charge is 2.28. The first-order valence-corrected chi connectivity index (χ1v) is 7.17. The number of benzene rings is 1. The Kier molecular flexibility index (Phi) is 3.56. The van der Waals surface area contributed by atoms with Crippen molar-refractivity contribution in [3.05, 3.63) is 34.9 Å². The highest BCUT2D eigenvalue weighted by Crippen LogP contribution is 2.25. The molecule has 19 heavy (non-hydrogen) atoms. The molecule has 2 aliphatic rings. The highest BCUT2D eigenvalue weighted by molar-refractivity contribution is 5.72. The van der Waals surface area contributed by atoms with Gasteiger partial charge in [-0.15, -0.1) is 0 Å². The second kappa shape index (κ2) is 5.33. The molecule has 3 rings (SSSR count). The van der Waals surface area contributed by atoms with E-state index >= 15 is 0 Å². The van der Waals surface area contributed by atoms with E-state index in [1.165, 1.54) is 43.1 Å². The summed E-state index contributed by atoms with van der Waals surface area (Å²) in [6.45, 7) is 2.79. The molecular weight excluding hydrogens is 238 g/mol. The van der Waals surface area contributed by atoms with Crippen LogP contribution in [0.3, 0.4) is 0 Å². The van der Waals surface area contributed by atoms with Crippen molar-refractivity contribution in [2.24, 2.45) is 5.92 Å². The van der Waals surface area contributed by atoms with Crippen LogP contribution in [0.25, 0.3) is 0 Å². The maximum Gasteiger partial charge on any atom is 0.310 e. The summed E-state index contributed by atoms with van der Waals surface area (Å²) in [6.07, 6.45) is 4.70. The molecule has 1 aromatic carbocycles. The van der Waals surface area contributed by atoms with E-state index < -0.39 is 0 Å². The van der Waals surface area contributed by atoms with E-state index in [4.69, 9.17) is 4.74 Å². The molecule has 1 fully saturated rings. The number of fused-ring (bicyclic) bond motifs is 1. The summed E-state index contributed by atoms with van der Waals surface area (Å²) in [7, 11) is 1.48. The maximum absolute atomic E-state index is 11.5. The summed E-state index contributed by atoms with van der Waals surface area (Å²) in [5, 5.41) is 0. The third-order valence-electron chi connectivity index (χ3n) is 4.38. The minimum Gasteiger partial charge on any atom is -0.469 e. The van der Waals surface area contributed by atoms with Gasteiger partial charge < -0.3 is 4.74 Å². The van der Waals surface area contributed by atoms with E-state index in [0.717, 1.165) is 26.1 Å². The lowest BCUT2D eigenvalue weighted by atomic mass is 10.1. The SMILES string of the molecule is COC(=O)C1CCN(Cc2ccc3c(c2)CCC3)C1. The molecule has 1 aromatic rings. The summed E-state index contributed by atoms with van der Waals surface area (Å²) in [5.41, 5.74) is 4.44. The zero-order valence-corrected chi connectivity index (χ0v) is 11.5. The highest BCUT2D eigenvalue weighted by atomic mass is 16.5. The normalized spacial score (nSPS) is 22.5. The third kappa shape index (κ3) is 2.66. The number of methoxy groups -OCH3 is 1. The molecule has 1 heterocycles. The largest absolute Gasteiger partial charge is 0.469 e. The molecule has 0 saturated carbocycles. The Morgan fingerprint density at radius 3 is 3.05 bits per heavy atom. The van der Waals surface area contributed by atoms with Gasteiger partial charge in [-0.3, -0.25) is 9.69 Å². The van der Waals surface area contributed by atoms with Crippen LogP contribution in [0.15, 0.2) is 18.2 Å². The van der Waals surface area contributed by atoms with Crippen LogP contribution >= 0.6 is 0 Å². The fourth-order valence-electron chi connectivity index (χ4n) is 3.32. The molecule has 1 atom stereocenters. The van der Waals surface area contributed by atoms with Gasteiger partial charge in [0.1, 0.15) is 0 Å². The Morgan fingerprint density at radius 1 is 1.37 bits per heavy atom. The zero-order valence-electron chi connectivity index (χ0n) is 11.5. The second-order valence-electron chi connectivity index (χ2n) is 5.70. The number of ether oxygens (including phenoxy) is 1. The van der Waals surface area contributed by atoms with Gasteiger partial charge in [0, 0.05) is 13.1 Å². The molecule has 1 aliphatic heterocycles. The first-order chi connectivity index (χ1) is 9.26. The van der Waals surface area contributed by atoms with Crippen molar-refractivity contribution in [2.75, 3.05) is 20.2 Å². The van der Waals surface area contributed by atoms with Gasteiger partial charge >= 0.3 is 5.97 Å². The second-order valence-corrected chi connectivity index (χ2v) is 5.70. The zero-order chi connectivity index (χ0) is 13.2. The Morgan fingerprint density at radius 2 is 2.21 bits per heavy atom. The molecule has 0 radical (unpaired) electrons. The van der Waals surface area contributed by atoms with Crippen molar-refractivity contribution in [1.29, 1.82) is 0 Å². The van der Waals surface area contributed by atoms with E-state index in [1.54, 1.807) is 0 Å². The van der Waals surface area contributed by atoms with Gasteiger partial charge in [0.15, 0.2) is 0 Å². The fraction of sp³-hybridized carbons (Fsp3) is 0.562. The average Bonchev–Trinajstić information content (AvgIpc) is 3.06. The molecule has 0 aromatic heterocycles. The number of carbonyl (C=O) groups excluding carboxylic acids is 1. The minimum absolute atomic E-state index is 0.0588. The predicted molar refractivity (Wildman–Crippen MR) is 73.9 cm³/mol. The summed E-state index contributed by atoms with van der Waals surface area (Å²) < 4.78 is 4.83. The lowest BCUT2D eigenvalue weighted by Crippen LogP contribution is -2.23. The van der Waals surface area contributed by atoms with E-state index in [2.05, 4.69) is 23.1 Å². The number of aryl methyl sites for hydroxylation is 2. The van der Waals surface area contributed by atoms with Crippen LogP contribution in [-0.4, -0.2) is 31.1 Å². The molecule has 1 saturated heterocycles. The molecule has 3 nitrogen and oxygen atoms in total. The van der Waals surface area contributed by atoms with Gasteiger partial charge in [0.2, 0.25) is 0 Å². The molecule has 102 valence electrons. The van der Waals surface area contributed by atoms with Gasteiger partial charge in [-0.1, -0.05) is 18.2 Å². The van der Waals surface area contributed by atoms with Crippen molar-refractivity contribution in [1.82, 2.24) is 4.90 Å². The Bertz CT molecular complexity index is 484. The molecular formula is C16H21NO2. The number of hydrogen-bond donors (Lipinski definition) is 0. The van der Waals surface area contributed by atoms with Gasteiger partial charge in [0.05, 0.1) is 13.0 Å². The number of hydrogen-bond acceptors (Lipinski definition) is 3. The number of carbonyl (C=O) groups is 1. The smallest absolute Gasteiger partial charge is 0.310 e. The van der Waals surface area contributed by atoms with Crippen molar-refractivity contribution in [3.8, 4) is 0 Å². The first-order valence-electron chi connectivity index (χ1n) is 7.17. The molecule has 0 N–H and O–H groups in total. The van der Waals surface area contributed by atoms with Gasteiger partial charge in [-0.25, -0.2) is 0 Å². The monoisotopic (exact) mass is 259 g/mol. The first kappa shape index (κ1) is 12.7. The van der Waals surface area contributed by atoms with Gasteiger partial charge in [0.25, 0.3) is 0 Å². The van der Waals surface area contributed by atoms with Crippen molar-refractivity contribution >= 4 is 5.97 Å². The van der Waals surface area contributed by atoms with Crippen LogP contribution in [0.5, 0.6) is 0 Å². The van der Waals surface area contributed by atoms with Gasteiger partial charge in [-0.05, 0) is 48.9 Å². The van der Waals surface area contributed by atoms with Crippen molar-refractivity contribution in [2.45, 2.75) is 32.2 Å². The molecule has 0 bridgehead atoms. The lowest BCUT2D eigenvalue weighted by Gasteiger charge is -2.16. The van der Waals surface area contributed by atoms with Crippen LogP contribution in [0, 0.1) is 5.92 Å². The van der Waals surface area contributed by atoms with Crippen molar-refractivity contribution in [3.63, 3.8) is 0 Å². The van der Waals surface area contributed by atoms with E-state index in [9.17, 15) is 4.79 Å². The lowest BCUT2D eigenvalue weighted by molar-refractivity contribution is -0.144. The Hall–Kier alpha value is -1.35. The molecule has 3 heteroatoms. The minimum atomic E-state index is -0.0588. The van der Waals surface area contributed by atoms with E-state index in [1.807, 2.05) is 0 Å². The molecule has 0 amide bonds. The summed E-state index contributed by atoms with van der Waals surface area (Å²) >= 11 is 0. The van der Waals surface area contributed by atoms with Crippen molar-refractivity contribution < 1.29 is 9.53 Å². The van der Waals surface area contributed by atoms with Crippen LogP contribution in [0.4, 0.5) is 0 Å². The van der Waals surface area contributed by atoms with E-state index in [-0.39, 0.29) is 11.9 Å². The fourth-order valence-corrected chi connectivity index (χ4v) is 3.32. The third-order valence-corrected chi connectivity index (χ3v) is 4.38. The van der Waals surface area contributed by atoms with Gasteiger partial charge in [-0.2, -0.15) is 0 Å². The summed E-state index contributed by atoms with van der Waals surface area (Å²) in [4.78, 5) is 13.9. The molecule has 1 aliphatic carbocycles. The quantitative estimate of drug-likeness (QED) is 0.779. The number of likely N-dealkylation sites (tertiary alicyclic amines) is 1. The molecule has 1 unspecified atom stereocenters. The molecule has 0 spiro atoms. The van der Waals surface area contributed by atoms with E-state index in [0.29, 0.717) is 0 Å². The topological polar surface area (TPSA) is 29.5 Å². The Balaban J connectivity index is 1.62. The Labute approximate surface area is 114 Å². The number of rotatable bonds is 3. The maximum atomic E-state index is 11.5. The average molecular weight is 259 g/mol. The summed E-state index contributed by atoms with van der Waals surface area (Å²) in [5.74, 6) is 0.0101. The van der Waals surface area contributed by atoms with Crippen LogP contribution in [0.1, 0.15) is 29.5 Å². The predicted octanol–water partition coefficient (Wildman–Crippen LogP) is 2.17. The summed E-state index contributed by atoms with van der Waals surface area (Å²) in [6, 6.07) is 6.88. The van der Waals surface area contributed by atoms with Crippen LogP contribution in [0.2, 0.25) is 0 Å².